The molecule has 1 aliphatic rings. The highest BCUT2D eigenvalue weighted by Gasteiger charge is 2.22. The number of hydrogen-bond donors (Lipinski definition) is 1. The Labute approximate surface area is 174 Å². The molecule has 0 radical (unpaired) electrons. The molecule has 3 aromatic rings. The first-order valence-electron chi connectivity index (χ1n) is 10.2. The summed E-state index contributed by atoms with van der Waals surface area (Å²) in [6.07, 6.45) is 5.15. The van der Waals surface area contributed by atoms with Gasteiger partial charge >= 0.3 is 0 Å². The Balaban J connectivity index is 1.65. The van der Waals surface area contributed by atoms with E-state index in [-0.39, 0.29) is 18.2 Å². The summed E-state index contributed by atoms with van der Waals surface area (Å²) < 4.78 is 1.75. The predicted octanol–water partition coefficient (Wildman–Crippen LogP) is 3.27. The van der Waals surface area contributed by atoms with Crippen molar-refractivity contribution in [2.45, 2.75) is 25.7 Å². The zero-order valence-electron chi connectivity index (χ0n) is 16.7. The van der Waals surface area contributed by atoms with Crippen LogP contribution in [0.3, 0.4) is 0 Å². The van der Waals surface area contributed by atoms with Crippen LogP contribution in [0.2, 0.25) is 0 Å². The number of fused-ring (bicyclic) bond motifs is 1. The zero-order valence-corrected chi connectivity index (χ0v) is 16.7. The third-order valence-electron chi connectivity index (χ3n) is 5.36. The van der Waals surface area contributed by atoms with E-state index in [0.29, 0.717) is 17.7 Å². The molecule has 0 spiro atoms. The van der Waals surface area contributed by atoms with Gasteiger partial charge in [-0.25, -0.2) is 4.52 Å². The van der Waals surface area contributed by atoms with Crippen molar-refractivity contribution in [3.05, 3.63) is 59.8 Å². The molecule has 3 heterocycles. The maximum atomic E-state index is 13.0. The molecule has 0 saturated carbocycles. The van der Waals surface area contributed by atoms with Gasteiger partial charge in [0, 0.05) is 30.8 Å². The summed E-state index contributed by atoms with van der Waals surface area (Å²) >= 11 is 0. The van der Waals surface area contributed by atoms with Crippen LogP contribution in [0.1, 0.15) is 46.4 Å². The number of likely N-dealkylation sites (tertiary alicyclic amines) is 1. The highest BCUT2D eigenvalue weighted by atomic mass is 16.2. The number of carbonyl (C=O) groups is 2. The Morgan fingerprint density at radius 2 is 1.90 bits per heavy atom. The van der Waals surface area contributed by atoms with E-state index in [0.717, 1.165) is 42.7 Å². The van der Waals surface area contributed by atoms with E-state index < -0.39 is 0 Å². The molecular formula is C23H23N5O2. The fraction of sp³-hybridized carbons (Fsp3) is 0.304. The van der Waals surface area contributed by atoms with Crippen LogP contribution >= 0.6 is 0 Å². The average molecular weight is 401 g/mol. The molecule has 2 aromatic heterocycles. The number of carbonyl (C=O) groups excluding carboxylic acids is 2. The quantitative estimate of drug-likeness (QED) is 0.665. The van der Waals surface area contributed by atoms with Crippen molar-refractivity contribution in [1.82, 2.24) is 19.8 Å². The minimum atomic E-state index is -0.222. The van der Waals surface area contributed by atoms with Gasteiger partial charge in [0.1, 0.15) is 0 Å². The third kappa shape index (κ3) is 3.90. The van der Waals surface area contributed by atoms with E-state index in [1.807, 2.05) is 41.3 Å². The molecule has 0 bridgehead atoms. The van der Waals surface area contributed by atoms with Gasteiger partial charge in [0.2, 0.25) is 0 Å². The fourth-order valence-corrected chi connectivity index (χ4v) is 3.82. The van der Waals surface area contributed by atoms with Crippen LogP contribution in [0.15, 0.2) is 48.7 Å². The summed E-state index contributed by atoms with van der Waals surface area (Å²) in [6.45, 7) is 1.90. The molecule has 30 heavy (non-hydrogen) atoms. The highest BCUT2D eigenvalue weighted by Crippen LogP contribution is 2.24. The van der Waals surface area contributed by atoms with E-state index in [1.54, 1.807) is 22.8 Å². The molecule has 0 aliphatic carbocycles. The number of nitrogens with zero attached hydrogens (tertiary/aromatic N) is 4. The van der Waals surface area contributed by atoms with E-state index in [9.17, 15) is 9.59 Å². The Morgan fingerprint density at radius 3 is 2.70 bits per heavy atom. The molecule has 1 aliphatic heterocycles. The van der Waals surface area contributed by atoms with Crippen molar-refractivity contribution >= 4 is 17.3 Å². The molecule has 0 atom stereocenters. The Bertz CT molecular complexity index is 1120. The van der Waals surface area contributed by atoms with Gasteiger partial charge in [-0.2, -0.15) is 10.4 Å². The number of amides is 2. The molecule has 1 fully saturated rings. The van der Waals surface area contributed by atoms with Gasteiger partial charge in [0.25, 0.3) is 11.8 Å². The number of nitrogens with one attached hydrogen (secondary N) is 1. The van der Waals surface area contributed by atoms with Crippen LogP contribution in [0.5, 0.6) is 0 Å². The van der Waals surface area contributed by atoms with Crippen LogP contribution in [0.25, 0.3) is 16.8 Å². The average Bonchev–Trinajstić information content (AvgIpc) is 3.23. The molecule has 2 amide bonds. The molecular weight excluding hydrogens is 378 g/mol. The lowest BCUT2D eigenvalue weighted by molar-refractivity contribution is 0.0726. The SMILES string of the molecule is N#CCCNC(=O)c1cccc(-c2cccc3c(C(=O)N4CCCCC4)cnn23)c1. The number of pyridine rings is 1. The van der Waals surface area contributed by atoms with Gasteiger partial charge in [0.15, 0.2) is 0 Å². The number of piperidine rings is 1. The first kappa shape index (κ1) is 19.6. The van der Waals surface area contributed by atoms with Gasteiger partial charge in [-0.1, -0.05) is 18.2 Å². The van der Waals surface area contributed by atoms with Crippen LogP contribution in [0.4, 0.5) is 0 Å². The number of rotatable bonds is 5. The summed E-state index contributed by atoms with van der Waals surface area (Å²) in [4.78, 5) is 27.2. The van der Waals surface area contributed by atoms with Gasteiger partial charge in [-0.05, 0) is 43.5 Å². The minimum Gasteiger partial charge on any atom is -0.351 e. The molecule has 4 rings (SSSR count). The maximum Gasteiger partial charge on any atom is 0.257 e. The van der Waals surface area contributed by atoms with Crippen LogP contribution in [-0.4, -0.2) is 46.0 Å². The van der Waals surface area contributed by atoms with Gasteiger partial charge < -0.3 is 10.2 Å². The van der Waals surface area contributed by atoms with E-state index in [1.165, 1.54) is 6.42 Å². The second-order valence-electron chi connectivity index (χ2n) is 7.36. The Morgan fingerprint density at radius 1 is 1.10 bits per heavy atom. The van der Waals surface area contributed by atoms with Crippen molar-refractivity contribution < 1.29 is 9.59 Å². The lowest BCUT2D eigenvalue weighted by Gasteiger charge is -2.26. The lowest BCUT2D eigenvalue weighted by Crippen LogP contribution is -2.35. The monoisotopic (exact) mass is 401 g/mol. The second-order valence-corrected chi connectivity index (χ2v) is 7.36. The van der Waals surface area contributed by atoms with Crippen molar-refractivity contribution in [2.24, 2.45) is 0 Å². The summed E-state index contributed by atoms with van der Waals surface area (Å²) in [5.41, 5.74) is 3.50. The number of nitriles is 1. The summed E-state index contributed by atoms with van der Waals surface area (Å²) in [5.74, 6) is -0.201. The zero-order chi connectivity index (χ0) is 20.9. The van der Waals surface area contributed by atoms with Crippen molar-refractivity contribution in [1.29, 1.82) is 5.26 Å². The fourth-order valence-electron chi connectivity index (χ4n) is 3.82. The smallest absolute Gasteiger partial charge is 0.257 e. The Kier molecular flexibility index (Phi) is 5.75. The Hall–Kier alpha value is -3.66. The van der Waals surface area contributed by atoms with Crippen molar-refractivity contribution in [3.63, 3.8) is 0 Å². The summed E-state index contributed by atoms with van der Waals surface area (Å²) in [6, 6.07) is 15.0. The number of aromatic nitrogens is 2. The van der Waals surface area contributed by atoms with Gasteiger partial charge in [-0.3, -0.25) is 9.59 Å². The topological polar surface area (TPSA) is 90.5 Å². The number of hydrogen-bond acceptors (Lipinski definition) is 4. The van der Waals surface area contributed by atoms with E-state index in [2.05, 4.69) is 10.4 Å². The highest BCUT2D eigenvalue weighted by molar-refractivity contribution is 6.01. The predicted molar refractivity (Wildman–Crippen MR) is 113 cm³/mol. The summed E-state index contributed by atoms with van der Waals surface area (Å²) in [5, 5.41) is 15.8. The molecule has 1 aromatic carbocycles. The van der Waals surface area contributed by atoms with Crippen LogP contribution in [-0.2, 0) is 0 Å². The molecule has 1 N–H and O–H groups in total. The number of benzene rings is 1. The lowest BCUT2D eigenvalue weighted by atomic mass is 10.1. The first-order chi connectivity index (χ1) is 14.7. The van der Waals surface area contributed by atoms with Crippen molar-refractivity contribution in [2.75, 3.05) is 19.6 Å². The first-order valence-corrected chi connectivity index (χ1v) is 10.2. The summed E-state index contributed by atoms with van der Waals surface area (Å²) in [7, 11) is 0. The van der Waals surface area contributed by atoms with E-state index >= 15 is 0 Å². The molecule has 152 valence electrons. The second kappa shape index (κ2) is 8.78. The molecule has 7 nitrogen and oxygen atoms in total. The van der Waals surface area contributed by atoms with E-state index in [4.69, 9.17) is 5.26 Å². The van der Waals surface area contributed by atoms with Crippen LogP contribution in [0, 0.1) is 11.3 Å². The maximum absolute atomic E-state index is 13.0. The third-order valence-corrected chi connectivity index (χ3v) is 5.36. The largest absolute Gasteiger partial charge is 0.351 e. The van der Waals surface area contributed by atoms with Crippen LogP contribution < -0.4 is 5.32 Å². The molecule has 1 saturated heterocycles. The van der Waals surface area contributed by atoms with Gasteiger partial charge in [0.05, 0.1) is 35.5 Å². The van der Waals surface area contributed by atoms with Crippen molar-refractivity contribution in [3.8, 4) is 17.3 Å². The standard InChI is InChI=1S/C23H23N5O2/c24-11-6-12-25-22(29)18-8-4-7-17(15-18)20-9-5-10-21-19(16-26-28(20)21)23(30)27-13-2-1-3-14-27/h4-5,7-10,15-16H,1-3,6,12-14H2,(H,25,29). The molecule has 7 heteroatoms. The normalized spacial score (nSPS) is 13.8. The molecule has 0 unspecified atom stereocenters. The minimum absolute atomic E-state index is 0.0208. The van der Waals surface area contributed by atoms with Gasteiger partial charge in [-0.15, -0.1) is 0 Å².